The SMILES string of the molecule is CC(C)C(C=N)c1nc(Cl)cc(N(C)C2CCOCC2)n1. The lowest BCUT2D eigenvalue weighted by Gasteiger charge is -2.32. The van der Waals surface area contributed by atoms with E-state index in [0.717, 1.165) is 31.9 Å². The van der Waals surface area contributed by atoms with Crippen molar-refractivity contribution in [2.75, 3.05) is 25.2 Å². The summed E-state index contributed by atoms with van der Waals surface area (Å²) >= 11 is 6.16. The van der Waals surface area contributed by atoms with Crippen LogP contribution in [0, 0.1) is 11.3 Å². The molecule has 5 nitrogen and oxygen atoms in total. The second kappa shape index (κ2) is 7.18. The van der Waals surface area contributed by atoms with E-state index in [-0.39, 0.29) is 11.8 Å². The Morgan fingerprint density at radius 1 is 1.38 bits per heavy atom. The Balaban J connectivity index is 2.27. The van der Waals surface area contributed by atoms with Crippen LogP contribution in [0.25, 0.3) is 0 Å². The van der Waals surface area contributed by atoms with Crippen LogP contribution in [0.15, 0.2) is 6.07 Å². The Labute approximate surface area is 131 Å². The number of hydrogen-bond donors (Lipinski definition) is 1. The van der Waals surface area contributed by atoms with E-state index < -0.39 is 0 Å². The molecule has 0 radical (unpaired) electrons. The highest BCUT2D eigenvalue weighted by Crippen LogP contribution is 2.26. The van der Waals surface area contributed by atoms with E-state index in [1.54, 1.807) is 6.07 Å². The van der Waals surface area contributed by atoms with E-state index in [0.29, 0.717) is 17.0 Å². The fraction of sp³-hybridized carbons (Fsp3) is 0.667. The molecule has 1 saturated heterocycles. The second-order valence-electron chi connectivity index (χ2n) is 5.80. The van der Waals surface area contributed by atoms with E-state index in [1.807, 2.05) is 7.05 Å². The molecule has 1 N–H and O–H groups in total. The van der Waals surface area contributed by atoms with Gasteiger partial charge in [-0.25, -0.2) is 9.97 Å². The van der Waals surface area contributed by atoms with Crippen LogP contribution >= 0.6 is 11.6 Å². The normalized spacial score (nSPS) is 17.8. The lowest BCUT2D eigenvalue weighted by atomic mass is 9.96. The minimum absolute atomic E-state index is 0.106. The zero-order valence-corrected chi connectivity index (χ0v) is 13.6. The molecule has 1 aromatic heterocycles. The van der Waals surface area contributed by atoms with Gasteiger partial charge >= 0.3 is 0 Å². The predicted molar refractivity (Wildman–Crippen MR) is 85.6 cm³/mol. The molecule has 1 aliphatic rings. The molecule has 1 aliphatic heterocycles. The molecule has 6 heteroatoms. The Morgan fingerprint density at radius 2 is 2.05 bits per heavy atom. The van der Waals surface area contributed by atoms with Gasteiger partial charge in [-0.05, 0) is 18.8 Å². The number of rotatable bonds is 5. The van der Waals surface area contributed by atoms with Crippen molar-refractivity contribution in [2.45, 2.75) is 38.6 Å². The van der Waals surface area contributed by atoms with Crippen molar-refractivity contribution in [3.8, 4) is 0 Å². The molecule has 2 rings (SSSR count). The average Bonchev–Trinajstić information content (AvgIpc) is 2.47. The smallest absolute Gasteiger partial charge is 0.141 e. The maximum Gasteiger partial charge on any atom is 0.141 e. The number of halogens is 1. The Morgan fingerprint density at radius 3 is 2.62 bits per heavy atom. The molecule has 0 spiro atoms. The fourth-order valence-corrected chi connectivity index (χ4v) is 2.76. The summed E-state index contributed by atoms with van der Waals surface area (Å²) < 4.78 is 5.41. The van der Waals surface area contributed by atoms with Gasteiger partial charge in [0, 0.05) is 38.6 Å². The number of nitrogens with zero attached hydrogens (tertiary/aromatic N) is 3. The molecule has 21 heavy (non-hydrogen) atoms. The van der Waals surface area contributed by atoms with Crippen LogP contribution in [0.1, 0.15) is 38.4 Å². The van der Waals surface area contributed by atoms with Crippen molar-refractivity contribution in [3.05, 3.63) is 17.0 Å². The van der Waals surface area contributed by atoms with Crippen LogP contribution < -0.4 is 4.90 Å². The van der Waals surface area contributed by atoms with E-state index in [2.05, 4.69) is 28.7 Å². The Bertz CT molecular complexity index is 489. The average molecular weight is 311 g/mol. The van der Waals surface area contributed by atoms with Gasteiger partial charge in [0.1, 0.15) is 16.8 Å². The topological polar surface area (TPSA) is 62.1 Å². The molecular weight excluding hydrogens is 288 g/mol. The first-order chi connectivity index (χ1) is 10.0. The van der Waals surface area contributed by atoms with E-state index >= 15 is 0 Å². The largest absolute Gasteiger partial charge is 0.381 e. The zero-order valence-electron chi connectivity index (χ0n) is 12.8. The van der Waals surface area contributed by atoms with Gasteiger partial charge in [-0.2, -0.15) is 0 Å². The summed E-state index contributed by atoms with van der Waals surface area (Å²) in [7, 11) is 2.03. The zero-order chi connectivity index (χ0) is 15.4. The van der Waals surface area contributed by atoms with Crippen LogP contribution in [0.4, 0.5) is 5.82 Å². The summed E-state index contributed by atoms with van der Waals surface area (Å²) in [6.07, 6.45) is 3.38. The van der Waals surface area contributed by atoms with E-state index in [4.69, 9.17) is 21.7 Å². The van der Waals surface area contributed by atoms with Gasteiger partial charge in [0.25, 0.3) is 0 Å². The van der Waals surface area contributed by atoms with E-state index in [1.165, 1.54) is 6.21 Å². The van der Waals surface area contributed by atoms with Crippen LogP contribution in [0.2, 0.25) is 5.15 Å². The quantitative estimate of drug-likeness (QED) is 0.670. The molecule has 0 amide bonds. The molecular formula is C15H23ClN4O. The third kappa shape index (κ3) is 3.92. The van der Waals surface area contributed by atoms with Gasteiger partial charge in [-0.3, -0.25) is 0 Å². The number of nitrogens with one attached hydrogen (secondary N) is 1. The first-order valence-corrected chi connectivity index (χ1v) is 7.76. The number of anilines is 1. The summed E-state index contributed by atoms with van der Waals surface area (Å²) in [5, 5.41) is 8.03. The van der Waals surface area contributed by atoms with Crippen molar-refractivity contribution in [3.63, 3.8) is 0 Å². The van der Waals surface area contributed by atoms with Gasteiger partial charge in [0.15, 0.2) is 0 Å². The first-order valence-electron chi connectivity index (χ1n) is 7.38. The Hall–Kier alpha value is -1.20. The van der Waals surface area contributed by atoms with Crippen molar-refractivity contribution in [1.29, 1.82) is 5.41 Å². The number of hydrogen-bond acceptors (Lipinski definition) is 5. The van der Waals surface area contributed by atoms with E-state index in [9.17, 15) is 0 Å². The van der Waals surface area contributed by atoms with Gasteiger partial charge in [-0.15, -0.1) is 0 Å². The molecule has 116 valence electrons. The van der Waals surface area contributed by atoms with Crippen molar-refractivity contribution >= 4 is 23.6 Å². The minimum Gasteiger partial charge on any atom is -0.381 e. The second-order valence-corrected chi connectivity index (χ2v) is 6.19. The predicted octanol–water partition coefficient (Wildman–Crippen LogP) is 3.13. The first kappa shape index (κ1) is 16.2. The lowest BCUT2D eigenvalue weighted by Crippen LogP contribution is -2.37. The van der Waals surface area contributed by atoms with Crippen LogP contribution in [-0.4, -0.2) is 42.5 Å². The van der Waals surface area contributed by atoms with Crippen LogP contribution in [-0.2, 0) is 4.74 Å². The van der Waals surface area contributed by atoms with Gasteiger partial charge in [-0.1, -0.05) is 25.4 Å². The van der Waals surface area contributed by atoms with Gasteiger partial charge in [0.05, 0.1) is 5.92 Å². The highest BCUT2D eigenvalue weighted by Gasteiger charge is 2.23. The molecule has 1 atom stereocenters. The highest BCUT2D eigenvalue weighted by molar-refractivity contribution is 6.29. The molecule has 0 saturated carbocycles. The fourth-order valence-electron chi connectivity index (χ4n) is 2.58. The van der Waals surface area contributed by atoms with Gasteiger partial charge in [0.2, 0.25) is 0 Å². The van der Waals surface area contributed by atoms with Crippen LogP contribution in [0.3, 0.4) is 0 Å². The molecule has 0 aromatic carbocycles. The molecule has 0 bridgehead atoms. The highest BCUT2D eigenvalue weighted by atomic mass is 35.5. The molecule has 2 heterocycles. The third-order valence-corrected chi connectivity index (χ3v) is 4.19. The minimum atomic E-state index is -0.106. The van der Waals surface area contributed by atoms with Crippen molar-refractivity contribution in [1.82, 2.24) is 9.97 Å². The van der Waals surface area contributed by atoms with Crippen molar-refractivity contribution in [2.24, 2.45) is 5.92 Å². The molecule has 1 aromatic rings. The number of aromatic nitrogens is 2. The molecule has 0 aliphatic carbocycles. The molecule has 1 unspecified atom stereocenters. The molecule has 1 fully saturated rings. The van der Waals surface area contributed by atoms with Gasteiger partial charge < -0.3 is 15.0 Å². The standard InChI is InChI=1S/C15H23ClN4O/c1-10(2)12(9-17)15-18-13(16)8-14(19-15)20(3)11-4-6-21-7-5-11/h8-12,17H,4-7H2,1-3H3. The monoisotopic (exact) mass is 310 g/mol. The summed E-state index contributed by atoms with van der Waals surface area (Å²) in [6.45, 7) is 5.69. The summed E-state index contributed by atoms with van der Waals surface area (Å²) in [6, 6.07) is 2.21. The van der Waals surface area contributed by atoms with Crippen LogP contribution in [0.5, 0.6) is 0 Å². The Kier molecular flexibility index (Phi) is 5.53. The summed E-state index contributed by atoms with van der Waals surface area (Å²) in [5.41, 5.74) is 0. The maximum atomic E-state index is 7.59. The summed E-state index contributed by atoms with van der Waals surface area (Å²) in [4.78, 5) is 11.1. The maximum absolute atomic E-state index is 7.59. The third-order valence-electron chi connectivity index (χ3n) is 3.99. The number of ether oxygens (including phenoxy) is 1. The van der Waals surface area contributed by atoms with Crippen molar-refractivity contribution < 1.29 is 4.74 Å². The summed E-state index contributed by atoms with van der Waals surface area (Å²) in [5.74, 6) is 1.61. The lowest BCUT2D eigenvalue weighted by molar-refractivity contribution is 0.0853.